The molecule has 2 aromatic heterocycles. The second-order valence-corrected chi connectivity index (χ2v) is 5.58. The molecule has 0 aliphatic rings. The fourth-order valence-corrected chi connectivity index (χ4v) is 2.85. The first kappa shape index (κ1) is 16.2. The summed E-state index contributed by atoms with van der Waals surface area (Å²) in [6.45, 7) is 0.684. The lowest BCUT2D eigenvalue weighted by Crippen LogP contribution is -2.37. The zero-order chi connectivity index (χ0) is 16.9. The van der Waals surface area contributed by atoms with Crippen molar-refractivity contribution in [3.05, 3.63) is 66.1 Å². The van der Waals surface area contributed by atoms with Gasteiger partial charge in [0.05, 0.1) is 7.11 Å². The summed E-state index contributed by atoms with van der Waals surface area (Å²) in [7, 11) is 1.42. The molecule has 2 heterocycles. The van der Waals surface area contributed by atoms with Gasteiger partial charge in [-0.3, -0.25) is 9.78 Å². The number of pyridine rings is 1. The third kappa shape index (κ3) is 3.45. The van der Waals surface area contributed by atoms with Gasteiger partial charge in [0.25, 0.3) is 0 Å². The Hall–Kier alpha value is -2.70. The van der Waals surface area contributed by atoms with Crippen molar-refractivity contribution in [2.45, 2.75) is 19.0 Å². The molecule has 124 valence electrons. The SMILES string of the molecule is CON[C@@H](Cc1cn(Cc2cccnc2)c2ccccc12)C(=O)O. The average Bonchev–Trinajstić information content (AvgIpc) is 2.93. The van der Waals surface area contributed by atoms with Crippen molar-refractivity contribution in [1.82, 2.24) is 15.0 Å². The molecular formula is C18H19N3O3. The van der Waals surface area contributed by atoms with Gasteiger partial charge >= 0.3 is 5.97 Å². The molecule has 6 heteroatoms. The molecule has 6 nitrogen and oxygen atoms in total. The number of hydrogen-bond acceptors (Lipinski definition) is 4. The summed E-state index contributed by atoms with van der Waals surface area (Å²) in [5, 5.41) is 10.4. The summed E-state index contributed by atoms with van der Waals surface area (Å²) in [5.41, 5.74) is 5.66. The molecule has 0 unspecified atom stereocenters. The van der Waals surface area contributed by atoms with E-state index >= 15 is 0 Å². The number of aromatic nitrogens is 2. The minimum atomic E-state index is -0.944. The van der Waals surface area contributed by atoms with Crippen molar-refractivity contribution in [2.24, 2.45) is 0 Å². The number of carboxylic acids is 1. The molecule has 0 radical (unpaired) electrons. The van der Waals surface area contributed by atoms with Crippen LogP contribution in [0.15, 0.2) is 55.0 Å². The number of carboxylic acid groups (broad SMARTS) is 1. The summed E-state index contributed by atoms with van der Waals surface area (Å²) in [6, 6.07) is 11.1. The van der Waals surface area contributed by atoms with Gasteiger partial charge in [-0.1, -0.05) is 24.3 Å². The predicted molar refractivity (Wildman–Crippen MR) is 90.5 cm³/mol. The largest absolute Gasteiger partial charge is 0.480 e. The van der Waals surface area contributed by atoms with Crippen molar-refractivity contribution in [2.75, 3.05) is 7.11 Å². The summed E-state index contributed by atoms with van der Waals surface area (Å²) < 4.78 is 2.12. The number of benzene rings is 1. The first-order valence-corrected chi connectivity index (χ1v) is 7.66. The molecular weight excluding hydrogens is 306 g/mol. The monoisotopic (exact) mass is 325 g/mol. The normalized spacial score (nSPS) is 12.4. The Morgan fingerprint density at radius 2 is 2.17 bits per heavy atom. The summed E-state index contributed by atoms with van der Waals surface area (Å²) in [5.74, 6) is -0.944. The van der Waals surface area contributed by atoms with Gasteiger partial charge in [0.15, 0.2) is 0 Å². The fourth-order valence-electron chi connectivity index (χ4n) is 2.85. The quantitative estimate of drug-likeness (QED) is 0.652. The Balaban J connectivity index is 1.95. The number of hydrogen-bond donors (Lipinski definition) is 2. The number of carbonyl (C=O) groups is 1. The van der Waals surface area contributed by atoms with Gasteiger partial charge in [-0.05, 0) is 23.3 Å². The van der Waals surface area contributed by atoms with Gasteiger partial charge in [0, 0.05) is 42.5 Å². The van der Waals surface area contributed by atoms with Crippen LogP contribution in [0.3, 0.4) is 0 Å². The maximum atomic E-state index is 11.4. The van der Waals surface area contributed by atoms with Crippen molar-refractivity contribution in [1.29, 1.82) is 0 Å². The fraction of sp³-hybridized carbons (Fsp3) is 0.222. The first-order chi connectivity index (χ1) is 11.7. The second-order valence-electron chi connectivity index (χ2n) is 5.58. The van der Waals surface area contributed by atoms with Crippen LogP contribution in [0.4, 0.5) is 0 Å². The van der Waals surface area contributed by atoms with E-state index in [0.717, 1.165) is 22.0 Å². The van der Waals surface area contributed by atoms with Crippen LogP contribution >= 0.6 is 0 Å². The topological polar surface area (TPSA) is 76.4 Å². The number of fused-ring (bicyclic) bond motifs is 1. The van der Waals surface area contributed by atoms with E-state index in [1.54, 1.807) is 6.20 Å². The third-order valence-corrected chi connectivity index (χ3v) is 3.93. The maximum Gasteiger partial charge on any atom is 0.323 e. The van der Waals surface area contributed by atoms with Crippen molar-refractivity contribution < 1.29 is 14.7 Å². The molecule has 0 saturated carbocycles. The standard InChI is InChI=1S/C18H19N3O3/c1-24-20-16(18(22)23)9-14-12-21(11-13-5-4-8-19-10-13)17-7-3-2-6-15(14)17/h2-8,10,12,16,20H,9,11H2,1H3,(H,22,23)/t16-/m0/s1. The molecule has 3 aromatic rings. The summed E-state index contributed by atoms with van der Waals surface area (Å²) in [4.78, 5) is 20.3. The molecule has 1 atom stereocenters. The van der Waals surface area contributed by atoms with Gasteiger partial charge in [0.1, 0.15) is 6.04 Å². The number of aliphatic carboxylic acids is 1. The number of nitrogens with zero attached hydrogens (tertiary/aromatic N) is 2. The zero-order valence-corrected chi connectivity index (χ0v) is 13.3. The lowest BCUT2D eigenvalue weighted by molar-refractivity contribution is -0.143. The predicted octanol–water partition coefficient (Wildman–Crippen LogP) is 2.23. The summed E-state index contributed by atoms with van der Waals surface area (Å²) >= 11 is 0. The van der Waals surface area contributed by atoms with Crippen molar-refractivity contribution in [3.63, 3.8) is 0 Å². The van der Waals surface area contributed by atoms with Crippen LogP contribution < -0.4 is 5.48 Å². The van der Waals surface area contributed by atoms with E-state index in [1.165, 1.54) is 7.11 Å². The highest BCUT2D eigenvalue weighted by molar-refractivity contribution is 5.85. The van der Waals surface area contributed by atoms with Crippen LogP contribution in [-0.2, 0) is 22.6 Å². The maximum absolute atomic E-state index is 11.4. The minimum Gasteiger partial charge on any atom is -0.480 e. The zero-order valence-electron chi connectivity index (χ0n) is 13.3. The van der Waals surface area contributed by atoms with Crippen LogP contribution in [0.1, 0.15) is 11.1 Å². The van der Waals surface area contributed by atoms with Crippen LogP contribution in [0.2, 0.25) is 0 Å². The highest BCUT2D eigenvalue weighted by Gasteiger charge is 2.20. The Labute approximate surface area is 139 Å². The lowest BCUT2D eigenvalue weighted by Gasteiger charge is -2.11. The van der Waals surface area contributed by atoms with Gasteiger partial charge in [-0.15, -0.1) is 0 Å². The summed E-state index contributed by atoms with van der Waals surface area (Å²) in [6.07, 6.45) is 5.92. The first-order valence-electron chi connectivity index (χ1n) is 7.66. The van der Waals surface area contributed by atoms with E-state index in [0.29, 0.717) is 13.0 Å². The van der Waals surface area contributed by atoms with Gasteiger partial charge < -0.3 is 14.5 Å². The van der Waals surface area contributed by atoms with Crippen LogP contribution in [0, 0.1) is 0 Å². The Morgan fingerprint density at radius 1 is 1.33 bits per heavy atom. The molecule has 0 bridgehead atoms. The lowest BCUT2D eigenvalue weighted by atomic mass is 10.1. The van der Waals surface area contributed by atoms with E-state index in [2.05, 4.69) is 15.0 Å². The highest BCUT2D eigenvalue weighted by Crippen LogP contribution is 2.23. The molecule has 0 fully saturated rings. The second kappa shape index (κ2) is 7.25. The van der Waals surface area contributed by atoms with Crippen molar-refractivity contribution >= 4 is 16.9 Å². The molecule has 3 rings (SSSR count). The number of rotatable bonds is 7. The van der Waals surface area contributed by atoms with E-state index in [9.17, 15) is 9.90 Å². The molecule has 2 N–H and O–H groups in total. The van der Waals surface area contributed by atoms with E-state index in [1.807, 2.05) is 48.8 Å². The molecule has 0 spiro atoms. The number of hydroxylamine groups is 1. The van der Waals surface area contributed by atoms with Crippen LogP contribution in [0.5, 0.6) is 0 Å². The molecule has 0 aliphatic carbocycles. The third-order valence-electron chi connectivity index (χ3n) is 3.93. The Morgan fingerprint density at radius 3 is 2.88 bits per heavy atom. The van der Waals surface area contributed by atoms with Crippen LogP contribution in [0.25, 0.3) is 10.9 Å². The van der Waals surface area contributed by atoms with E-state index in [-0.39, 0.29) is 0 Å². The van der Waals surface area contributed by atoms with Gasteiger partial charge in [0.2, 0.25) is 0 Å². The molecule has 24 heavy (non-hydrogen) atoms. The molecule has 0 amide bonds. The Kier molecular flexibility index (Phi) is 4.88. The number of para-hydroxylation sites is 1. The highest BCUT2D eigenvalue weighted by atomic mass is 16.6. The van der Waals surface area contributed by atoms with Crippen molar-refractivity contribution in [3.8, 4) is 0 Å². The molecule has 1 aromatic carbocycles. The Bertz CT molecular complexity index is 830. The number of nitrogens with one attached hydrogen (secondary N) is 1. The molecule has 0 aliphatic heterocycles. The smallest absolute Gasteiger partial charge is 0.323 e. The van der Waals surface area contributed by atoms with E-state index < -0.39 is 12.0 Å². The average molecular weight is 325 g/mol. The van der Waals surface area contributed by atoms with Gasteiger partial charge in [-0.25, -0.2) is 0 Å². The molecule has 0 saturated heterocycles. The van der Waals surface area contributed by atoms with Crippen LogP contribution in [-0.4, -0.2) is 33.8 Å². The minimum absolute atomic E-state index is 0.337. The van der Waals surface area contributed by atoms with E-state index in [4.69, 9.17) is 4.84 Å². The van der Waals surface area contributed by atoms with Gasteiger partial charge in [-0.2, -0.15) is 5.48 Å².